The molecule has 1 N–H and O–H groups in total. The number of fused-ring (bicyclic) bond motifs is 1. The van der Waals surface area contributed by atoms with Crippen LogP contribution in [-0.2, 0) is 4.79 Å². The monoisotopic (exact) mass is 331 g/mol. The predicted octanol–water partition coefficient (Wildman–Crippen LogP) is 3.39. The number of rotatable bonds is 5. The van der Waals surface area contributed by atoms with Gasteiger partial charge in [0, 0.05) is 11.8 Å². The number of halogens is 1. The fourth-order valence-electron chi connectivity index (χ4n) is 2.34. The Hall–Kier alpha value is -2.76. The van der Waals surface area contributed by atoms with Crippen LogP contribution in [0.1, 0.15) is 13.3 Å². The van der Waals surface area contributed by atoms with E-state index in [9.17, 15) is 9.18 Å². The highest BCUT2D eigenvalue weighted by Gasteiger charge is 2.20. The molecule has 6 heteroatoms. The zero-order valence-electron chi connectivity index (χ0n) is 13.3. The van der Waals surface area contributed by atoms with Crippen LogP contribution < -0.4 is 19.5 Å². The minimum atomic E-state index is -0.677. The van der Waals surface area contributed by atoms with Crippen molar-refractivity contribution in [1.29, 1.82) is 0 Å². The molecule has 24 heavy (non-hydrogen) atoms. The second-order valence-corrected chi connectivity index (χ2v) is 5.32. The van der Waals surface area contributed by atoms with Crippen LogP contribution in [0.25, 0.3) is 0 Å². The minimum Gasteiger partial charge on any atom is -0.486 e. The van der Waals surface area contributed by atoms with Gasteiger partial charge in [-0.2, -0.15) is 0 Å². The van der Waals surface area contributed by atoms with Crippen molar-refractivity contribution in [2.24, 2.45) is 0 Å². The summed E-state index contributed by atoms with van der Waals surface area (Å²) in [4.78, 5) is 12.4. The smallest absolute Gasteiger partial charge is 0.265 e. The first kappa shape index (κ1) is 16.1. The number of carbonyl (C=O) groups excluding carboxylic acids is 1. The summed E-state index contributed by atoms with van der Waals surface area (Å²) in [6, 6.07) is 10.8. The minimum absolute atomic E-state index is 0.279. The maximum absolute atomic E-state index is 12.9. The molecule has 126 valence electrons. The maximum Gasteiger partial charge on any atom is 0.265 e. The second kappa shape index (κ2) is 7.21. The highest BCUT2D eigenvalue weighted by Crippen LogP contribution is 2.32. The fourth-order valence-corrected chi connectivity index (χ4v) is 2.34. The number of hydrogen-bond donors (Lipinski definition) is 1. The van der Waals surface area contributed by atoms with Gasteiger partial charge in [-0.05, 0) is 42.8 Å². The third kappa shape index (κ3) is 3.76. The average molecular weight is 331 g/mol. The SMILES string of the molecule is CCC(Oc1ccc(F)cc1)C(=O)Nc1ccc2c(c1)OCCO2. The van der Waals surface area contributed by atoms with Gasteiger partial charge in [0.25, 0.3) is 5.91 Å². The summed E-state index contributed by atoms with van der Waals surface area (Å²) in [6.07, 6.45) is -0.197. The zero-order valence-corrected chi connectivity index (χ0v) is 13.3. The lowest BCUT2D eigenvalue weighted by Crippen LogP contribution is -2.32. The van der Waals surface area contributed by atoms with Crippen molar-refractivity contribution in [3.8, 4) is 17.2 Å². The number of benzene rings is 2. The second-order valence-electron chi connectivity index (χ2n) is 5.32. The van der Waals surface area contributed by atoms with Gasteiger partial charge in [0.2, 0.25) is 0 Å². The van der Waals surface area contributed by atoms with Gasteiger partial charge in [0.15, 0.2) is 17.6 Å². The van der Waals surface area contributed by atoms with Gasteiger partial charge < -0.3 is 19.5 Å². The number of hydrogen-bond acceptors (Lipinski definition) is 4. The molecule has 1 heterocycles. The van der Waals surface area contributed by atoms with Gasteiger partial charge in [-0.1, -0.05) is 6.92 Å². The van der Waals surface area contributed by atoms with Crippen molar-refractivity contribution in [3.05, 3.63) is 48.3 Å². The zero-order chi connectivity index (χ0) is 16.9. The molecule has 1 aliphatic rings. The van der Waals surface area contributed by atoms with Crippen molar-refractivity contribution >= 4 is 11.6 Å². The number of ether oxygens (including phenoxy) is 3. The van der Waals surface area contributed by atoms with E-state index >= 15 is 0 Å². The van der Waals surface area contributed by atoms with Gasteiger partial charge in [0.1, 0.15) is 24.8 Å². The molecule has 0 bridgehead atoms. The van der Waals surface area contributed by atoms with Gasteiger partial charge >= 0.3 is 0 Å². The molecule has 2 aromatic carbocycles. The molecule has 1 unspecified atom stereocenters. The van der Waals surface area contributed by atoms with Gasteiger partial charge in [0.05, 0.1) is 0 Å². The first-order chi connectivity index (χ1) is 11.7. The third-order valence-corrected chi connectivity index (χ3v) is 3.56. The quantitative estimate of drug-likeness (QED) is 0.912. The summed E-state index contributed by atoms with van der Waals surface area (Å²) < 4.78 is 29.5. The average Bonchev–Trinajstić information content (AvgIpc) is 2.61. The largest absolute Gasteiger partial charge is 0.486 e. The summed E-state index contributed by atoms with van der Waals surface area (Å²) in [5, 5.41) is 2.80. The van der Waals surface area contributed by atoms with E-state index in [2.05, 4.69) is 5.32 Å². The lowest BCUT2D eigenvalue weighted by atomic mass is 10.2. The Morgan fingerprint density at radius 1 is 1.17 bits per heavy atom. The van der Waals surface area contributed by atoms with Gasteiger partial charge in [-0.15, -0.1) is 0 Å². The van der Waals surface area contributed by atoms with Crippen LogP contribution >= 0.6 is 0 Å². The van der Waals surface area contributed by atoms with Crippen molar-refractivity contribution in [3.63, 3.8) is 0 Å². The Kier molecular flexibility index (Phi) is 4.84. The van der Waals surface area contributed by atoms with Crippen molar-refractivity contribution in [2.75, 3.05) is 18.5 Å². The van der Waals surface area contributed by atoms with Crippen LogP contribution in [0.3, 0.4) is 0 Å². The van der Waals surface area contributed by atoms with E-state index in [0.29, 0.717) is 42.6 Å². The molecule has 0 fully saturated rings. The van der Waals surface area contributed by atoms with E-state index in [0.717, 1.165) is 0 Å². The molecule has 0 aromatic heterocycles. The molecule has 0 radical (unpaired) electrons. The van der Waals surface area contributed by atoms with E-state index in [-0.39, 0.29) is 11.7 Å². The summed E-state index contributed by atoms with van der Waals surface area (Å²) >= 11 is 0. The van der Waals surface area contributed by atoms with E-state index in [1.54, 1.807) is 18.2 Å². The molecule has 1 aliphatic heterocycles. The first-order valence-electron chi connectivity index (χ1n) is 7.78. The summed E-state index contributed by atoms with van der Waals surface area (Å²) in [5.74, 6) is 1.08. The highest BCUT2D eigenvalue weighted by atomic mass is 19.1. The van der Waals surface area contributed by atoms with Crippen LogP contribution in [0.2, 0.25) is 0 Å². The number of carbonyl (C=O) groups is 1. The predicted molar refractivity (Wildman–Crippen MR) is 87.2 cm³/mol. The molecule has 3 rings (SSSR count). The molecule has 1 atom stereocenters. The van der Waals surface area contributed by atoms with E-state index < -0.39 is 6.10 Å². The molecule has 0 spiro atoms. The molecule has 0 aliphatic carbocycles. The summed E-state index contributed by atoms with van der Waals surface area (Å²) in [6.45, 7) is 2.84. The van der Waals surface area contributed by atoms with Crippen LogP contribution in [0.5, 0.6) is 17.2 Å². The number of nitrogens with one attached hydrogen (secondary N) is 1. The molecule has 5 nitrogen and oxygen atoms in total. The molecule has 0 saturated carbocycles. The normalized spacial score (nSPS) is 13.9. The molecule has 0 saturated heterocycles. The Labute approximate surface area is 139 Å². The lowest BCUT2D eigenvalue weighted by molar-refractivity contribution is -0.122. The first-order valence-corrected chi connectivity index (χ1v) is 7.78. The Balaban J connectivity index is 1.67. The van der Waals surface area contributed by atoms with Crippen LogP contribution in [0.4, 0.5) is 10.1 Å². The molecule has 1 amide bonds. The number of anilines is 1. The van der Waals surface area contributed by atoms with Gasteiger partial charge in [-0.3, -0.25) is 4.79 Å². The Bertz CT molecular complexity index is 717. The maximum atomic E-state index is 12.9. The molecular weight excluding hydrogens is 313 g/mol. The van der Waals surface area contributed by atoms with Gasteiger partial charge in [-0.25, -0.2) is 4.39 Å². The topological polar surface area (TPSA) is 56.8 Å². The fraction of sp³-hybridized carbons (Fsp3) is 0.278. The molecular formula is C18H18FNO4. The lowest BCUT2D eigenvalue weighted by Gasteiger charge is -2.20. The standard InChI is InChI=1S/C18H18FNO4/c1-2-15(24-14-6-3-12(19)4-7-14)18(21)20-13-5-8-16-17(11-13)23-10-9-22-16/h3-8,11,15H,2,9-10H2,1H3,(H,20,21). The highest BCUT2D eigenvalue weighted by molar-refractivity contribution is 5.94. The van der Waals surface area contributed by atoms with Crippen molar-refractivity contribution < 1.29 is 23.4 Å². The van der Waals surface area contributed by atoms with Crippen LogP contribution in [-0.4, -0.2) is 25.2 Å². The molecule has 2 aromatic rings. The van der Waals surface area contributed by atoms with E-state index in [1.807, 2.05) is 6.92 Å². The Morgan fingerprint density at radius 2 is 1.88 bits per heavy atom. The van der Waals surface area contributed by atoms with Crippen LogP contribution in [0.15, 0.2) is 42.5 Å². The Morgan fingerprint density at radius 3 is 2.58 bits per heavy atom. The van der Waals surface area contributed by atoms with E-state index in [4.69, 9.17) is 14.2 Å². The number of amides is 1. The van der Waals surface area contributed by atoms with Crippen LogP contribution in [0, 0.1) is 5.82 Å². The third-order valence-electron chi connectivity index (χ3n) is 3.56. The van der Waals surface area contributed by atoms with E-state index in [1.165, 1.54) is 24.3 Å². The van der Waals surface area contributed by atoms with Crippen molar-refractivity contribution in [1.82, 2.24) is 0 Å². The summed E-state index contributed by atoms with van der Waals surface area (Å²) in [5.41, 5.74) is 0.602. The summed E-state index contributed by atoms with van der Waals surface area (Å²) in [7, 11) is 0. The van der Waals surface area contributed by atoms with Crippen molar-refractivity contribution in [2.45, 2.75) is 19.4 Å².